The SMILES string of the molecule is Cc1ccc2c(oc3c(C4CCC(c5ccc6ccccc6c5)C4)c(F)ccc32)c1-c1cccc[n+]1C. The summed E-state index contributed by atoms with van der Waals surface area (Å²) in [6.07, 6.45) is 5.01. The molecule has 1 aliphatic carbocycles. The average molecular weight is 487 g/mol. The van der Waals surface area contributed by atoms with Gasteiger partial charge in [-0.05, 0) is 78.1 Å². The van der Waals surface area contributed by atoms with Crippen LogP contribution in [0.25, 0.3) is 44.0 Å². The predicted molar refractivity (Wildman–Crippen MR) is 148 cm³/mol. The van der Waals surface area contributed by atoms with Gasteiger partial charge in [-0.2, -0.15) is 0 Å². The third kappa shape index (κ3) is 3.56. The zero-order valence-electron chi connectivity index (χ0n) is 21.2. The summed E-state index contributed by atoms with van der Waals surface area (Å²) in [6.45, 7) is 2.11. The van der Waals surface area contributed by atoms with Gasteiger partial charge in [0.2, 0.25) is 5.69 Å². The third-order valence-corrected chi connectivity index (χ3v) is 8.40. The van der Waals surface area contributed by atoms with Crippen molar-refractivity contribution in [1.29, 1.82) is 0 Å². The summed E-state index contributed by atoms with van der Waals surface area (Å²) in [5, 5.41) is 4.58. The van der Waals surface area contributed by atoms with Gasteiger partial charge in [0, 0.05) is 28.5 Å². The van der Waals surface area contributed by atoms with Crippen LogP contribution in [-0.4, -0.2) is 0 Å². The minimum Gasteiger partial charge on any atom is -0.455 e. The standard InChI is InChI=1S/C34H29FNO/c1-21-10-15-27-28-16-17-29(35)32(34(28)37-33(27)31(21)30-9-5-6-18-36(30)2)26-14-13-25(20-26)24-12-11-22-7-3-4-8-23(22)19-24/h3-12,15-19,25-26H,13-14,20H2,1-2H3/q+1. The molecule has 2 aromatic heterocycles. The van der Waals surface area contributed by atoms with E-state index in [0.29, 0.717) is 11.5 Å². The van der Waals surface area contributed by atoms with Gasteiger partial charge in [0.15, 0.2) is 6.20 Å². The van der Waals surface area contributed by atoms with E-state index in [9.17, 15) is 0 Å². The molecule has 1 fully saturated rings. The van der Waals surface area contributed by atoms with E-state index >= 15 is 4.39 Å². The second-order valence-electron chi connectivity index (χ2n) is 10.6. The molecule has 37 heavy (non-hydrogen) atoms. The van der Waals surface area contributed by atoms with Crippen molar-refractivity contribution in [3.05, 3.63) is 114 Å². The van der Waals surface area contributed by atoms with E-state index in [0.717, 1.165) is 58.0 Å². The van der Waals surface area contributed by atoms with Gasteiger partial charge in [-0.3, -0.25) is 0 Å². The smallest absolute Gasteiger partial charge is 0.216 e. The lowest BCUT2D eigenvalue weighted by molar-refractivity contribution is -0.660. The van der Waals surface area contributed by atoms with Crippen LogP contribution in [0, 0.1) is 12.7 Å². The van der Waals surface area contributed by atoms with Crippen LogP contribution >= 0.6 is 0 Å². The topological polar surface area (TPSA) is 17.0 Å². The Morgan fingerprint density at radius 2 is 1.54 bits per heavy atom. The maximum absolute atomic E-state index is 15.5. The van der Waals surface area contributed by atoms with Crippen LogP contribution < -0.4 is 4.57 Å². The molecular formula is C34H29FNO+. The Bertz CT molecular complexity index is 1810. The Kier molecular flexibility index (Phi) is 5.14. The molecule has 1 saturated carbocycles. The lowest BCUT2D eigenvalue weighted by atomic mass is 9.90. The number of fused-ring (bicyclic) bond motifs is 4. The first-order valence-corrected chi connectivity index (χ1v) is 13.2. The van der Waals surface area contributed by atoms with Crippen LogP contribution in [0.2, 0.25) is 0 Å². The van der Waals surface area contributed by atoms with Crippen molar-refractivity contribution in [1.82, 2.24) is 0 Å². The fourth-order valence-corrected chi connectivity index (χ4v) is 6.49. The average Bonchev–Trinajstić information content (AvgIpc) is 3.54. The molecule has 0 amide bonds. The van der Waals surface area contributed by atoms with E-state index in [4.69, 9.17) is 4.42 Å². The van der Waals surface area contributed by atoms with Crippen molar-refractivity contribution in [3.63, 3.8) is 0 Å². The molecule has 3 heteroatoms. The van der Waals surface area contributed by atoms with E-state index < -0.39 is 0 Å². The van der Waals surface area contributed by atoms with E-state index in [1.54, 1.807) is 6.07 Å². The first-order chi connectivity index (χ1) is 18.1. The van der Waals surface area contributed by atoms with Crippen molar-refractivity contribution < 1.29 is 13.4 Å². The number of rotatable bonds is 3. The number of aryl methyl sites for hydroxylation is 2. The Morgan fingerprint density at radius 3 is 2.41 bits per heavy atom. The van der Waals surface area contributed by atoms with Crippen molar-refractivity contribution in [2.24, 2.45) is 7.05 Å². The molecule has 7 rings (SSSR count). The molecule has 0 spiro atoms. The highest BCUT2D eigenvalue weighted by atomic mass is 19.1. The fraction of sp³-hybridized carbons (Fsp3) is 0.206. The number of hydrogen-bond acceptors (Lipinski definition) is 1. The van der Waals surface area contributed by atoms with Crippen molar-refractivity contribution in [2.45, 2.75) is 38.0 Å². The zero-order chi connectivity index (χ0) is 25.1. The normalized spacial score (nSPS) is 17.8. The summed E-state index contributed by atoms with van der Waals surface area (Å²) in [5.74, 6) is 0.409. The van der Waals surface area contributed by atoms with Crippen LogP contribution in [0.5, 0.6) is 0 Å². The number of hydrogen-bond donors (Lipinski definition) is 0. The first kappa shape index (κ1) is 22.2. The molecular weight excluding hydrogens is 457 g/mol. The van der Waals surface area contributed by atoms with Gasteiger partial charge < -0.3 is 4.42 Å². The lowest BCUT2D eigenvalue weighted by Crippen LogP contribution is -2.30. The third-order valence-electron chi connectivity index (χ3n) is 8.40. The van der Waals surface area contributed by atoms with E-state index in [-0.39, 0.29) is 11.7 Å². The number of halogens is 1. The number of pyridine rings is 1. The summed E-state index contributed by atoms with van der Waals surface area (Å²) in [4.78, 5) is 0. The van der Waals surface area contributed by atoms with Gasteiger partial charge in [0.1, 0.15) is 24.0 Å². The molecule has 4 aromatic carbocycles. The Morgan fingerprint density at radius 1 is 0.784 bits per heavy atom. The quantitative estimate of drug-likeness (QED) is 0.229. The molecule has 0 bridgehead atoms. The second-order valence-corrected chi connectivity index (χ2v) is 10.6. The molecule has 1 aliphatic rings. The number of nitrogens with zero attached hydrogens (tertiary/aromatic N) is 1. The van der Waals surface area contributed by atoms with Gasteiger partial charge >= 0.3 is 0 Å². The van der Waals surface area contributed by atoms with Gasteiger partial charge in [-0.15, -0.1) is 0 Å². The van der Waals surface area contributed by atoms with Crippen molar-refractivity contribution in [3.8, 4) is 11.3 Å². The van der Waals surface area contributed by atoms with Gasteiger partial charge in [0.05, 0.1) is 5.56 Å². The van der Waals surface area contributed by atoms with Crippen molar-refractivity contribution in [2.75, 3.05) is 0 Å². The molecule has 2 nitrogen and oxygen atoms in total. The fourth-order valence-electron chi connectivity index (χ4n) is 6.49. The summed E-state index contributed by atoms with van der Waals surface area (Å²) in [5.41, 5.74) is 6.96. The van der Waals surface area contributed by atoms with Crippen LogP contribution in [0.15, 0.2) is 95.5 Å². The Balaban J connectivity index is 1.34. The van der Waals surface area contributed by atoms with E-state index in [2.05, 4.69) is 72.2 Å². The minimum atomic E-state index is -0.153. The summed E-state index contributed by atoms with van der Waals surface area (Å²) < 4.78 is 24.3. The van der Waals surface area contributed by atoms with E-state index in [1.807, 2.05) is 31.4 Å². The van der Waals surface area contributed by atoms with Gasteiger partial charge in [-0.1, -0.05) is 54.6 Å². The molecule has 2 atom stereocenters. The maximum Gasteiger partial charge on any atom is 0.216 e. The zero-order valence-corrected chi connectivity index (χ0v) is 21.2. The molecule has 0 saturated heterocycles. The largest absolute Gasteiger partial charge is 0.455 e. The highest BCUT2D eigenvalue weighted by Gasteiger charge is 2.32. The van der Waals surface area contributed by atoms with Gasteiger partial charge in [-0.25, -0.2) is 8.96 Å². The maximum atomic E-state index is 15.5. The van der Waals surface area contributed by atoms with E-state index in [1.165, 1.54) is 16.3 Å². The second kappa shape index (κ2) is 8.55. The monoisotopic (exact) mass is 486 g/mol. The Labute approximate surface area is 216 Å². The van der Waals surface area contributed by atoms with Crippen molar-refractivity contribution >= 4 is 32.7 Å². The highest BCUT2D eigenvalue weighted by molar-refractivity contribution is 6.10. The lowest BCUT2D eigenvalue weighted by Gasteiger charge is -2.14. The Hall–Kier alpha value is -3.98. The summed E-state index contributed by atoms with van der Waals surface area (Å²) in [7, 11) is 2.05. The molecule has 2 unspecified atom stereocenters. The number of benzene rings is 4. The van der Waals surface area contributed by atoms with Crippen LogP contribution in [0.3, 0.4) is 0 Å². The summed E-state index contributed by atoms with van der Waals surface area (Å²) >= 11 is 0. The molecule has 0 N–H and O–H groups in total. The van der Waals surface area contributed by atoms with Gasteiger partial charge in [0.25, 0.3) is 0 Å². The minimum absolute atomic E-state index is 0.137. The van der Waals surface area contributed by atoms with Crippen LogP contribution in [-0.2, 0) is 7.05 Å². The molecule has 0 radical (unpaired) electrons. The number of furan rings is 1. The highest BCUT2D eigenvalue weighted by Crippen LogP contribution is 2.48. The predicted octanol–water partition coefficient (Wildman–Crippen LogP) is 8.73. The molecule has 182 valence electrons. The molecule has 0 aliphatic heterocycles. The molecule has 2 heterocycles. The summed E-state index contributed by atoms with van der Waals surface area (Å²) in [6, 6.07) is 29.3. The first-order valence-electron chi connectivity index (χ1n) is 13.2. The van der Waals surface area contributed by atoms with Crippen LogP contribution in [0.4, 0.5) is 4.39 Å². The van der Waals surface area contributed by atoms with Crippen LogP contribution in [0.1, 0.15) is 47.8 Å². The number of aromatic nitrogens is 1. The molecule has 6 aromatic rings.